The monoisotopic (exact) mass is 594 g/mol. The summed E-state index contributed by atoms with van der Waals surface area (Å²) < 4.78 is 0. The lowest BCUT2D eigenvalue weighted by atomic mass is 9.63. The van der Waals surface area contributed by atoms with E-state index in [9.17, 15) is 14.4 Å². The van der Waals surface area contributed by atoms with Gasteiger partial charge in [0, 0.05) is 36.1 Å². The maximum atomic E-state index is 13.7. The number of amides is 3. The van der Waals surface area contributed by atoms with Gasteiger partial charge in [-0.2, -0.15) is 0 Å². The van der Waals surface area contributed by atoms with Crippen molar-refractivity contribution in [1.29, 1.82) is 0 Å². The zero-order valence-electron chi connectivity index (χ0n) is 24.4. The highest BCUT2D eigenvalue weighted by molar-refractivity contribution is 6.30. The SMILES string of the molecule is CC(C)(C)NC(=O)C1(C2CCCCC2)CCN(C(=O)C[C@@H](Cc2ccc(Cl)cc2)NC(=O)[C@@H]2CCCN2)CC1.Cl. The van der Waals surface area contributed by atoms with Crippen LogP contribution in [-0.2, 0) is 20.8 Å². The number of hydrogen-bond acceptors (Lipinski definition) is 4. The van der Waals surface area contributed by atoms with Crippen molar-refractivity contribution in [2.24, 2.45) is 11.3 Å². The summed E-state index contributed by atoms with van der Waals surface area (Å²) in [5.74, 6) is 0.544. The number of rotatable bonds is 8. The summed E-state index contributed by atoms with van der Waals surface area (Å²) in [7, 11) is 0. The summed E-state index contributed by atoms with van der Waals surface area (Å²) in [6.07, 6.45) is 9.80. The van der Waals surface area contributed by atoms with Gasteiger partial charge in [-0.3, -0.25) is 14.4 Å². The van der Waals surface area contributed by atoms with E-state index in [-0.39, 0.29) is 54.2 Å². The van der Waals surface area contributed by atoms with Crippen LogP contribution in [0, 0.1) is 11.3 Å². The molecule has 2 heterocycles. The molecule has 2 aliphatic heterocycles. The van der Waals surface area contributed by atoms with E-state index in [2.05, 4.69) is 16.0 Å². The normalized spacial score (nSPS) is 22.2. The van der Waals surface area contributed by atoms with Crippen LogP contribution in [0.5, 0.6) is 0 Å². The summed E-state index contributed by atoms with van der Waals surface area (Å²) in [4.78, 5) is 42.1. The third-order valence-corrected chi connectivity index (χ3v) is 9.13. The molecule has 2 saturated heterocycles. The molecule has 40 heavy (non-hydrogen) atoms. The summed E-state index contributed by atoms with van der Waals surface area (Å²) in [6.45, 7) is 8.12. The first kappa shape index (κ1) is 32.7. The lowest BCUT2D eigenvalue weighted by Crippen LogP contribution is -2.57. The van der Waals surface area contributed by atoms with Crippen LogP contribution in [0.4, 0.5) is 0 Å². The molecule has 4 rings (SSSR count). The molecule has 1 aromatic carbocycles. The van der Waals surface area contributed by atoms with Crippen LogP contribution in [0.25, 0.3) is 0 Å². The van der Waals surface area contributed by atoms with Gasteiger partial charge in [-0.25, -0.2) is 0 Å². The first-order valence-electron chi connectivity index (χ1n) is 14.9. The van der Waals surface area contributed by atoms with Crippen LogP contribution < -0.4 is 16.0 Å². The second kappa shape index (κ2) is 14.4. The molecule has 3 amide bonds. The van der Waals surface area contributed by atoms with Crippen molar-refractivity contribution in [2.75, 3.05) is 19.6 Å². The van der Waals surface area contributed by atoms with Gasteiger partial charge >= 0.3 is 0 Å². The Balaban J connectivity index is 0.00000441. The zero-order valence-corrected chi connectivity index (χ0v) is 26.0. The molecule has 1 aliphatic carbocycles. The average molecular weight is 596 g/mol. The fraction of sp³-hybridized carbons (Fsp3) is 0.710. The minimum atomic E-state index is -0.407. The first-order valence-corrected chi connectivity index (χ1v) is 15.3. The van der Waals surface area contributed by atoms with Crippen molar-refractivity contribution in [2.45, 2.75) is 109 Å². The molecule has 3 aliphatic rings. The molecule has 1 saturated carbocycles. The topological polar surface area (TPSA) is 90.5 Å². The van der Waals surface area contributed by atoms with Gasteiger partial charge in [0.15, 0.2) is 0 Å². The number of likely N-dealkylation sites (tertiary alicyclic amines) is 1. The molecule has 0 radical (unpaired) electrons. The van der Waals surface area contributed by atoms with Gasteiger partial charge < -0.3 is 20.9 Å². The quantitative estimate of drug-likeness (QED) is 0.393. The Labute approximate surface area is 251 Å². The smallest absolute Gasteiger partial charge is 0.237 e. The van der Waals surface area contributed by atoms with E-state index >= 15 is 0 Å². The molecule has 0 spiro atoms. The van der Waals surface area contributed by atoms with Crippen LogP contribution in [0.2, 0.25) is 5.02 Å². The summed E-state index contributed by atoms with van der Waals surface area (Å²) in [5, 5.41) is 10.4. The molecule has 3 N–H and O–H groups in total. The van der Waals surface area contributed by atoms with Crippen molar-refractivity contribution >= 4 is 41.7 Å². The van der Waals surface area contributed by atoms with E-state index in [1.165, 1.54) is 19.3 Å². The number of carbonyl (C=O) groups excluding carboxylic acids is 3. The van der Waals surface area contributed by atoms with Crippen molar-refractivity contribution in [3.63, 3.8) is 0 Å². The minimum Gasteiger partial charge on any atom is -0.351 e. The fourth-order valence-corrected chi connectivity index (χ4v) is 6.85. The molecule has 2 atom stereocenters. The van der Waals surface area contributed by atoms with E-state index in [0.29, 0.717) is 43.3 Å². The van der Waals surface area contributed by atoms with Gasteiger partial charge in [0.1, 0.15) is 0 Å². The van der Waals surface area contributed by atoms with E-state index in [1.807, 2.05) is 49.9 Å². The molecular formula is C31H48Cl2N4O3. The molecule has 224 valence electrons. The second-order valence-corrected chi connectivity index (χ2v) is 13.4. The lowest BCUT2D eigenvalue weighted by molar-refractivity contribution is -0.146. The summed E-state index contributed by atoms with van der Waals surface area (Å²) >= 11 is 6.07. The Bertz CT molecular complexity index is 991. The van der Waals surface area contributed by atoms with Gasteiger partial charge in [0.2, 0.25) is 17.7 Å². The Hall–Kier alpha value is -1.83. The maximum Gasteiger partial charge on any atom is 0.237 e. The molecule has 9 heteroatoms. The third kappa shape index (κ3) is 8.59. The molecule has 1 aromatic rings. The van der Waals surface area contributed by atoms with Gasteiger partial charge in [-0.15, -0.1) is 12.4 Å². The second-order valence-electron chi connectivity index (χ2n) is 13.0. The zero-order chi connectivity index (χ0) is 28.0. The van der Waals surface area contributed by atoms with Crippen LogP contribution in [0.15, 0.2) is 24.3 Å². The molecule has 3 fully saturated rings. The first-order chi connectivity index (χ1) is 18.6. The van der Waals surface area contributed by atoms with Gasteiger partial charge in [-0.05, 0) is 95.9 Å². The largest absolute Gasteiger partial charge is 0.351 e. The highest BCUT2D eigenvalue weighted by atomic mass is 35.5. The number of benzene rings is 1. The van der Waals surface area contributed by atoms with Gasteiger partial charge in [-0.1, -0.05) is 43.0 Å². The van der Waals surface area contributed by atoms with E-state index in [4.69, 9.17) is 11.6 Å². The van der Waals surface area contributed by atoms with Crippen molar-refractivity contribution in [3.05, 3.63) is 34.9 Å². The van der Waals surface area contributed by atoms with E-state index in [0.717, 1.165) is 37.8 Å². The third-order valence-electron chi connectivity index (χ3n) is 8.88. The van der Waals surface area contributed by atoms with Crippen LogP contribution in [0.1, 0.15) is 90.5 Å². The van der Waals surface area contributed by atoms with Crippen molar-refractivity contribution < 1.29 is 14.4 Å². The Kier molecular flexibility index (Phi) is 11.7. The fourth-order valence-electron chi connectivity index (χ4n) is 6.73. The standard InChI is InChI=1S/C31H47ClN4O3.ClH/c1-30(2,3)35-29(39)31(23-8-5-4-6-9-23)15-18-36(19-16-31)27(37)21-25(20-22-11-13-24(32)14-12-22)34-28(38)26-10-7-17-33-26;/h11-14,23,25-26,33H,4-10,15-21H2,1-3H3,(H,34,38)(H,35,39);1H/t25-,26+;/m1./s1. The number of nitrogens with one attached hydrogen (secondary N) is 3. The predicted octanol–water partition coefficient (Wildman–Crippen LogP) is 5.04. The van der Waals surface area contributed by atoms with Crippen LogP contribution in [0.3, 0.4) is 0 Å². The summed E-state index contributed by atoms with van der Waals surface area (Å²) in [5.41, 5.74) is 0.341. The number of carbonyl (C=O) groups is 3. The molecular weight excluding hydrogens is 547 g/mol. The number of hydrogen-bond donors (Lipinski definition) is 3. The van der Waals surface area contributed by atoms with E-state index < -0.39 is 5.41 Å². The van der Waals surface area contributed by atoms with E-state index in [1.54, 1.807) is 0 Å². The Morgan fingerprint density at radius 2 is 1.68 bits per heavy atom. The predicted molar refractivity (Wildman–Crippen MR) is 163 cm³/mol. The molecule has 7 nitrogen and oxygen atoms in total. The van der Waals surface area contributed by atoms with Crippen molar-refractivity contribution in [1.82, 2.24) is 20.9 Å². The highest BCUT2D eigenvalue weighted by Gasteiger charge is 2.48. The lowest BCUT2D eigenvalue weighted by Gasteiger charge is -2.47. The minimum absolute atomic E-state index is 0. The molecule has 0 bridgehead atoms. The molecule has 0 aromatic heterocycles. The highest BCUT2D eigenvalue weighted by Crippen LogP contribution is 2.46. The van der Waals surface area contributed by atoms with Crippen LogP contribution >= 0.6 is 24.0 Å². The Morgan fingerprint density at radius 1 is 1.02 bits per heavy atom. The van der Waals surface area contributed by atoms with Crippen molar-refractivity contribution in [3.8, 4) is 0 Å². The maximum absolute atomic E-state index is 13.7. The number of halogens is 2. The summed E-state index contributed by atoms with van der Waals surface area (Å²) in [6, 6.07) is 7.09. The van der Waals surface area contributed by atoms with Crippen LogP contribution in [-0.4, -0.2) is 59.9 Å². The number of piperidine rings is 1. The van der Waals surface area contributed by atoms with Gasteiger partial charge in [0.25, 0.3) is 0 Å². The average Bonchev–Trinajstić information content (AvgIpc) is 3.45. The molecule has 0 unspecified atom stereocenters. The number of nitrogens with zero attached hydrogens (tertiary/aromatic N) is 1. The Morgan fingerprint density at radius 3 is 2.25 bits per heavy atom. The van der Waals surface area contributed by atoms with Gasteiger partial charge in [0.05, 0.1) is 11.5 Å².